The third kappa shape index (κ3) is 4.34. The fourth-order valence-corrected chi connectivity index (χ4v) is 2.35. The SMILES string of the molecule is CCC(C)C(NC(c1ccccc1)C(C)C)C(=O)OC. The van der Waals surface area contributed by atoms with Gasteiger partial charge in [-0.1, -0.05) is 64.4 Å². The van der Waals surface area contributed by atoms with Gasteiger partial charge in [0.05, 0.1) is 7.11 Å². The minimum atomic E-state index is -0.266. The molecular weight excluding hydrogens is 250 g/mol. The van der Waals surface area contributed by atoms with E-state index in [1.54, 1.807) is 0 Å². The van der Waals surface area contributed by atoms with E-state index in [4.69, 9.17) is 4.74 Å². The molecule has 0 aliphatic heterocycles. The minimum absolute atomic E-state index is 0.147. The van der Waals surface area contributed by atoms with Crippen molar-refractivity contribution >= 4 is 5.97 Å². The Morgan fingerprint density at radius 3 is 2.25 bits per heavy atom. The maximum Gasteiger partial charge on any atom is 0.323 e. The Labute approximate surface area is 122 Å². The van der Waals surface area contributed by atoms with Crippen LogP contribution in [0.25, 0.3) is 0 Å². The first-order valence-electron chi connectivity index (χ1n) is 7.40. The average Bonchev–Trinajstić information content (AvgIpc) is 2.47. The Morgan fingerprint density at radius 2 is 1.80 bits per heavy atom. The average molecular weight is 277 g/mol. The summed E-state index contributed by atoms with van der Waals surface area (Å²) in [5.74, 6) is 0.460. The number of hydrogen-bond donors (Lipinski definition) is 1. The molecule has 0 aromatic heterocycles. The number of carbonyl (C=O) groups excluding carboxylic acids is 1. The van der Waals surface area contributed by atoms with Crippen molar-refractivity contribution in [3.05, 3.63) is 35.9 Å². The molecule has 0 saturated heterocycles. The highest BCUT2D eigenvalue weighted by molar-refractivity contribution is 5.76. The lowest BCUT2D eigenvalue weighted by molar-refractivity contribution is -0.145. The first kappa shape index (κ1) is 16.7. The quantitative estimate of drug-likeness (QED) is 0.774. The van der Waals surface area contributed by atoms with Gasteiger partial charge in [0.2, 0.25) is 0 Å². The van der Waals surface area contributed by atoms with Crippen molar-refractivity contribution in [2.45, 2.75) is 46.2 Å². The highest BCUT2D eigenvalue weighted by atomic mass is 16.5. The van der Waals surface area contributed by atoms with E-state index in [0.717, 1.165) is 6.42 Å². The highest BCUT2D eigenvalue weighted by Crippen LogP contribution is 2.24. The molecule has 112 valence electrons. The number of ether oxygens (including phenoxy) is 1. The smallest absolute Gasteiger partial charge is 0.323 e. The largest absolute Gasteiger partial charge is 0.468 e. The third-order valence-electron chi connectivity index (χ3n) is 3.85. The highest BCUT2D eigenvalue weighted by Gasteiger charge is 2.29. The zero-order valence-corrected chi connectivity index (χ0v) is 13.2. The molecule has 0 spiro atoms. The summed E-state index contributed by atoms with van der Waals surface area (Å²) in [7, 11) is 1.45. The van der Waals surface area contributed by atoms with E-state index in [2.05, 4.69) is 45.1 Å². The van der Waals surface area contributed by atoms with Crippen LogP contribution in [0.4, 0.5) is 0 Å². The third-order valence-corrected chi connectivity index (χ3v) is 3.85. The van der Waals surface area contributed by atoms with Crippen molar-refractivity contribution in [1.29, 1.82) is 0 Å². The molecule has 1 rings (SSSR count). The number of rotatable bonds is 7. The summed E-state index contributed by atoms with van der Waals surface area (Å²) in [6, 6.07) is 10.1. The van der Waals surface area contributed by atoms with Gasteiger partial charge in [0.25, 0.3) is 0 Å². The van der Waals surface area contributed by atoms with Crippen LogP contribution >= 0.6 is 0 Å². The normalized spacial score (nSPS) is 15.7. The van der Waals surface area contributed by atoms with E-state index in [1.165, 1.54) is 12.7 Å². The molecule has 0 saturated carbocycles. The molecular formula is C17H27NO2. The Morgan fingerprint density at radius 1 is 1.20 bits per heavy atom. The van der Waals surface area contributed by atoms with Crippen LogP contribution in [0.1, 0.15) is 45.7 Å². The van der Waals surface area contributed by atoms with Gasteiger partial charge in [0.15, 0.2) is 0 Å². The molecule has 0 heterocycles. The molecule has 0 radical (unpaired) electrons. The van der Waals surface area contributed by atoms with E-state index >= 15 is 0 Å². The van der Waals surface area contributed by atoms with Gasteiger partial charge in [0.1, 0.15) is 6.04 Å². The lowest BCUT2D eigenvalue weighted by Gasteiger charge is -2.30. The molecule has 1 aromatic carbocycles. The molecule has 0 bridgehead atoms. The van der Waals surface area contributed by atoms with E-state index in [-0.39, 0.29) is 24.0 Å². The number of esters is 1. The Hall–Kier alpha value is -1.35. The molecule has 0 aliphatic rings. The zero-order valence-electron chi connectivity index (χ0n) is 13.2. The van der Waals surface area contributed by atoms with Gasteiger partial charge in [-0.3, -0.25) is 10.1 Å². The van der Waals surface area contributed by atoms with Crippen LogP contribution in [-0.4, -0.2) is 19.1 Å². The summed E-state index contributed by atoms with van der Waals surface area (Å²) >= 11 is 0. The molecule has 0 fully saturated rings. The van der Waals surface area contributed by atoms with Crippen molar-refractivity contribution in [2.75, 3.05) is 7.11 Å². The molecule has 0 amide bonds. The number of hydrogen-bond acceptors (Lipinski definition) is 3. The van der Waals surface area contributed by atoms with Crippen molar-refractivity contribution in [3.63, 3.8) is 0 Å². The number of carbonyl (C=O) groups is 1. The molecule has 3 atom stereocenters. The fraction of sp³-hybridized carbons (Fsp3) is 0.588. The summed E-state index contributed by atoms with van der Waals surface area (Å²) in [5.41, 5.74) is 1.21. The van der Waals surface area contributed by atoms with Gasteiger partial charge < -0.3 is 4.74 Å². The van der Waals surface area contributed by atoms with Crippen LogP contribution in [0.2, 0.25) is 0 Å². The first-order valence-corrected chi connectivity index (χ1v) is 7.40. The van der Waals surface area contributed by atoms with Gasteiger partial charge in [0, 0.05) is 6.04 Å². The second-order valence-electron chi connectivity index (χ2n) is 5.69. The number of benzene rings is 1. The molecule has 1 aromatic rings. The van der Waals surface area contributed by atoms with Crippen LogP contribution in [0.15, 0.2) is 30.3 Å². The number of methoxy groups -OCH3 is 1. The second-order valence-corrected chi connectivity index (χ2v) is 5.69. The molecule has 3 nitrogen and oxygen atoms in total. The van der Waals surface area contributed by atoms with Gasteiger partial charge >= 0.3 is 5.97 Å². The maximum atomic E-state index is 12.0. The van der Waals surface area contributed by atoms with E-state index in [1.807, 2.05) is 18.2 Å². The second kappa shape index (κ2) is 8.05. The summed E-state index contributed by atoms with van der Waals surface area (Å²) in [5, 5.41) is 3.50. The lowest BCUT2D eigenvalue weighted by Crippen LogP contribution is -2.45. The molecule has 1 N–H and O–H groups in total. The molecule has 3 heteroatoms. The standard InChI is InChI=1S/C17H27NO2/c1-6-13(4)16(17(19)20-5)18-15(12(2)3)14-10-8-7-9-11-14/h7-13,15-16,18H,6H2,1-5H3. The van der Waals surface area contributed by atoms with Gasteiger partial charge in [-0.05, 0) is 17.4 Å². The predicted octanol–water partition coefficient (Wildman–Crippen LogP) is 3.56. The predicted molar refractivity (Wildman–Crippen MR) is 82.4 cm³/mol. The summed E-state index contributed by atoms with van der Waals surface area (Å²) in [6.45, 7) is 8.50. The first-order chi connectivity index (χ1) is 9.51. The van der Waals surface area contributed by atoms with Crippen LogP contribution < -0.4 is 5.32 Å². The summed E-state index contributed by atoms with van der Waals surface area (Å²) < 4.78 is 4.95. The van der Waals surface area contributed by atoms with Crippen LogP contribution in [0.5, 0.6) is 0 Å². The van der Waals surface area contributed by atoms with E-state index in [0.29, 0.717) is 5.92 Å². The minimum Gasteiger partial charge on any atom is -0.468 e. The monoisotopic (exact) mass is 277 g/mol. The summed E-state index contributed by atoms with van der Waals surface area (Å²) in [6.07, 6.45) is 0.937. The molecule has 3 unspecified atom stereocenters. The van der Waals surface area contributed by atoms with Crippen molar-refractivity contribution in [1.82, 2.24) is 5.32 Å². The maximum absolute atomic E-state index is 12.0. The van der Waals surface area contributed by atoms with Gasteiger partial charge in [-0.25, -0.2) is 0 Å². The van der Waals surface area contributed by atoms with Crippen molar-refractivity contribution < 1.29 is 9.53 Å². The number of nitrogens with one attached hydrogen (secondary N) is 1. The zero-order chi connectivity index (χ0) is 15.1. The van der Waals surface area contributed by atoms with Gasteiger partial charge in [-0.2, -0.15) is 0 Å². The molecule has 20 heavy (non-hydrogen) atoms. The summed E-state index contributed by atoms with van der Waals surface area (Å²) in [4.78, 5) is 12.0. The van der Waals surface area contributed by atoms with Crippen LogP contribution in [-0.2, 0) is 9.53 Å². The van der Waals surface area contributed by atoms with Crippen molar-refractivity contribution in [3.8, 4) is 0 Å². The lowest BCUT2D eigenvalue weighted by atomic mass is 9.92. The van der Waals surface area contributed by atoms with E-state index in [9.17, 15) is 4.79 Å². The molecule has 0 aliphatic carbocycles. The van der Waals surface area contributed by atoms with Gasteiger partial charge in [-0.15, -0.1) is 0 Å². The Balaban J connectivity index is 2.95. The Bertz CT molecular complexity index is 403. The van der Waals surface area contributed by atoms with Crippen LogP contribution in [0.3, 0.4) is 0 Å². The Kier molecular flexibility index (Phi) is 6.73. The fourth-order valence-electron chi connectivity index (χ4n) is 2.35. The van der Waals surface area contributed by atoms with Crippen LogP contribution in [0, 0.1) is 11.8 Å². The van der Waals surface area contributed by atoms with Crippen molar-refractivity contribution in [2.24, 2.45) is 11.8 Å². The van der Waals surface area contributed by atoms with E-state index < -0.39 is 0 Å². The topological polar surface area (TPSA) is 38.3 Å².